The molecular formula is C19H16ClNO3. The summed E-state index contributed by atoms with van der Waals surface area (Å²) in [6.45, 7) is 1.65. The van der Waals surface area contributed by atoms with Gasteiger partial charge in [-0.05, 0) is 30.2 Å². The summed E-state index contributed by atoms with van der Waals surface area (Å²) in [5, 5.41) is 10.8. The molecule has 1 N–H and O–H groups in total. The Balaban J connectivity index is 2.04. The van der Waals surface area contributed by atoms with E-state index in [1.54, 1.807) is 24.3 Å². The van der Waals surface area contributed by atoms with Gasteiger partial charge in [-0.2, -0.15) is 0 Å². The molecule has 2 aromatic rings. The molecule has 0 spiro atoms. The van der Waals surface area contributed by atoms with Crippen molar-refractivity contribution in [3.05, 3.63) is 82.1 Å². The van der Waals surface area contributed by atoms with Crippen molar-refractivity contribution in [2.75, 3.05) is 0 Å². The van der Waals surface area contributed by atoms with E-state index < -0.39 is 17.7 Å². The first kappa shape index (κ1) is 16.3. The molecule has 0 unspecified atom stereocenters. The van der Waals surface area contributed by atoms with Gasteiger partial charge in [0.2, 0.25) is 0 Å². The molecule has 5 heteroatoms. The van der Waals surface area contributed by atoms with Gasteiger partial charge in [0.25, 0.3) is 5.91 Å². The molecule has 0 saturated heterocycles. The molecule has 1 aliphatic heterocycles. The number of carbonyl (C=O) groups excluding carboxylic acids is 2. The van der Waals surface area contributed by atoms with Crippen LogP contribution in [-0.4, -0.2) is 21.7 Å². The Morgan fingerprint density at radius 3 is 2.33 bits per heavy atom. The number of hydrogen-bond acceptors (Lipinski definition) is 3. The van der Waals surface area contributed by atoms with E-state index in [2.05, 4.69) is 0 Å². The molecule has 24 heavy (non-hydrogen) atoms. The number of ketones is 1. The topological polar surface area (TPSA) is 57.6 Å². The number of nitrogens with zero attached hydrogens (tertiary/aromatic N) is 1. The van der Waals surface area contributed by atoms with Crippen LogP contribution in [0.15, 0.2) is 65.9 Å². The Hall–Kier alpha value is -2.59. The minimum absolute atomic E-state index is 0.123. The van der Waals surface area contributed by atoms with Gasteiger partial charge in [0.15, 0.2) is 11.5 Å². The molecule has 1 heterocycles. The monoisotopic (exact) mass is 341 g/mol. The SMILES string of the molecule is CC(=O)C1=C(O)C(=O)N(Cc2ccccc2)[C@H]1c1ccc(Cl)cc1. The van der Waals surface area contributed by atoms with Gasteiger partial charge in [-0.15, -0.1) is 0 Å². The number of carbonyl (C=O) groups is 2. The fourth-order valence-corrected chi connectivity index (χ4v) is 3.07. The lowest BCUT2D eigenvalue weighted by molar-refractivity contribution is -0.130. The second-order valence-corrected chi connectivity index (χ2v) is 6.13. The third kappa shape index (κ3) is 2.93. The molecule has 1 atom stereocenters. The van der Waals surface area contributed by atoms with Crippen LogP contribution in [0.5, 0.6) is 0 Å². The molecule has 0 aliphatic carbocycles. The third-order valence-electron chi connectivity index (χ3n) is 4.06. The molecule has 2 aromatic carbocycles. The van der Waals surface area contributed by atoms with Gasteiger partial charge >= 0.3 is 0 Å². The largest absolute Gasteiger partial charge is 0.503 e. The highest BCUT2D eigenvalue weighted by Crippen LogP contribution is 2.38. The number of aliphatic hydroxyl groups is 1. The van der Waals surface area contributed by atoms with Crippen molar-refractivity contribution in [3.63, 3.8) is 0 Å². The summed E-state index contributed by atoms with van der Waals surface area (Å²) in [4.78, 5) is 26.0. The molecule has 0 radical (unpaired) electrons. The zero-order chi connectivity index (χ0) is 17.3. The van der Waals surface area contributed by atoms with Crippen molar-refractivity contribution in [1.82, 2.24) is 4.90 Å². The maximum atomic E-state index is 12.5. The van der Waals surface area contributed by atoms with E-state index in [0.29, 0.717) is 11.6 Å². The molecular weight excluding hydrogens is 326 g/mol. The van der Waals surface area contributed by atoms with Gasteiger partial charge in [0.05, 0.1) is 11.6 Å². The fraction of sp³-hybridized carbons (Fsp3) is 0.158. The summed E-state index contributed by atoms with van der Waals surface area (Å²) in [7, 11) is 0. The van der Waals surface area contributed by atoms with Crippen molar-refractivity contribution in [1.29, 1.82) is 0 Å². The number of aliphatic hydroxyl groups excluding tert-OH is 1. The van der Waals surface area contributed by atoms with Crippen molar-refractivity contribution in [2.45, 2.75) is 19.5 Å². The second-order valence-electron chi connectivity index (χ2n) is 5.69. The predicted molar refractivity (Wildman–Crippen MR) is 91.5 cm³/mol. The first-order valence-electron chi connectivity index (χ1n) is 7.53. The molecule has 4 nitrogen and oxygen atoms in total. The van der Waals surface area contributed by atoms with Crippen molar-refractivity contribution >= 4 is 23.3 Å². The van der Waals surface area contributed by atoms with Crippen LogP contribution in [0.25, 0.3) is 0 Å². The summed E-state index contributed by atoms with van der Waals surface area (Å²) in [5.74, 6) is -1.33. The van der Waals surface area contributed by atoms with Crippen LogP contribution >= 0.6 is 11.6 Å². The smallest absolute Gasteiger partial charge is 0.290 e. The van der Waals surface area contributed by atoms with Gasteiger partial charge in [-0.1, -0.05) is 54.1 Å². The zero-order valence-corrected chi connectivity index (χ0v) is 13.8. The maximum absolute atomic E-state index is 12.5. The fourth-order valence-electron chi connectivity index (χ4n) is 2.95. The van der Waals surface area contributed by atoms with Crippen LogP contribution in [0.4, 0.5) is 0 Å². The molecule has 3 rings (SSSR count). The van der Waals surface area contributed by atoms with E-state index in [1.165, 1.54) is 11.8 Å². The summed E-state index contributed by atoms with van der Waals surface area (Å²) in [6, 6.07) is 15.8. The number of Topliss-reactive ketones (excluding diaryl/α,β-unsaturated/α-hetero) is 1. The molecule has 122 valence electrons. The van der Waals surface area contributed by atoms with E-state index in [0.717, 1.165) is 11.1 Å². The van der Waals surface area contributed by atoms with Crippen LogP contribution in [0.3, 0.4) is 0 Å². The van der Waals surface area contributed by atoms with Crippen LogP contribution in [-0.2, 0) is 16.1 Å². The summed E-state index contributed by atoms with van der Waals surface area (Å²) >= 11 is 5.93. The third-order valence-corrected chi connectivity index (χ3v) is 4.32. The van der Waals surface area contributed by atoms with Crippen molar-refractivity contribution in [3.8, 4) is 0 Å². The Labute approximate surface area is 145 Å². The quantitative estimate of drug-likeness (QED) is 0.919. The van der Waals surface area contributed by atoms with Crippen LogP contribution < -0.4 is 0 Å². The highest BCUT2D eigenvalue weighted by molar-refractivity contribution is 6.30. The standard InChI is InChI=1S/C19H16ClNO3/c1-12(22)16-17(14-7-9-15(20)10-8-14)21(19(24)18(16)23)11-13-5-3-2-4-6-13/h2-10,17,23H,11H2,1H3/t17-/m0/s1. The number of benzene rings is 2. The van der Waals surface area contributed by atoms with E-state index in [4.69, 9.17) is 11.6 Å². The molecule has 0 fully saturated rings. The van der Waals surface area contributed by atoms with E-state index >= 15 is 0 Å². The Kier molecular flexibility index (Phi) is 4.40. The van der Waals surface area contributed by atoms with Gasteiger partial charge < -0.3 is 10.0 Å². The van der Waals surface area contributed by atoms with Crippen LogP contribution in [0, 0.1) is 0 Å². The molecule has 0 bridgehead atoms. The first-order valence-corrected chi connectivity index (χ1v) is 7.91. The summed E-state index contributed by atoms with van der Waals surface area (Å²) < 4.78 is 0. The van der Waals surface area contributed by atoms with Gasteiger partial charge in [-0.3, -0.25) is 9.59 Å². The number of amides is 1. The first-order chi connectivity index (χ1) is 11.5. The molecule has 1 amide bonds. The lowest BCUT2D eigenvalue weighted by Gasteiger charge is -2.26. The van der Waals surface area contributed by atoms with Crippen LogP contribution in [0.2, 0.25) is 5.02 Å². The minimum atomic E-state index is -0.618. The number of halogens is 1. The Morgan fingerprint density at radius 1 is 1.12 bits per heavy atom. The Morgan fingerprint density at radius 2 is 1.75 bits per heavy atom. The molecule has 0 aromatic heterocycles. The summed E-state index contributed by atoms with van der Waals surface area (Å²) in [5.41, 5.74) is 1.78. The average Bonchev–Trinajstić information content (AvgIpc) is 2.82. The van der Waals surface area contributed by atoms with Gasteiger partial charge in [0, 0.05) is 11.6 Å². The highest BCUT2D eigenvalue weighted by atomic mass is 35.5. The highest BCUT2D eigenvalue weighted by Gasteiger charge is 2.42. The maximum Gasteiger partial charge on any atom is 0.290 e. The number of hydrogen-bond donors (Lipinski definition) is 1. The van der Waals surface area contributed by atoms with Crippen LogP contribution in [0.1, 0.15) is 24.1 Å². The summed E-state index contributed by atoms with van der Waals surface area (Å²) in [6.07, 6.45) is 0. The van der Waals surface area contributed by atoms with Crippen molar-refractivity contribution < 1.29 is 14.7 Å². The second kappa shape index (κ2) is 6.49. The van der Waals surface area contributed by atoms with Gasteiger partial charge in [0.1, 0.15) is 0 Å². The minimum Gasteiger partial charge on any atom is -0.503 e. The average molecular weight is 342 g/mol. The predicted octanol–water partition coefficient (Wildman–Crippen LogP) is 3.82. The Bertz CT molecular complexity index is 812. The lowest BCUT2D eigenvalue weighted by atomic mass is 9.96. The van der Waals surface area contributed by atoms with E-state index in [9.17, 15) is 14.7 Å². The van der Waals surface area contributed by atoms with E-state index in [1.807, 2.05) is 30.3 Å². The van der Waals surface area contributed by atoms with E-state index in [-0.39, 0.29) is 11.4 Å². The van der Waals surface area contributed by atoms with Gasteiger partial charge in [-0.25, -0.2) is 0 Å². The lowest BCUT2D eigenvalue weighted by Crippen LogP contribution is -2.30. The van der Waals surface area contributed by atoms with Crippen molar-refractivity contribution in [2.24, 2.45) is 0 Å². The number of rotatable bonds is 4. The molecule has 0 saturated carbocycles. The molecule has 1 aliphatic rings. The normalized spacial score (nSPS) is 17.5. The zero-order valence-electron chi connectivity index (χ0n) is 13.1.